The fourth-order valence-corrected chi connectivity index (χ4v) is 3.89. The molecule has 1 saturated heterocycles. The van der Waals surface area contributed by atoms with Gasteiger partial charge in [0.05, 0.1) is 0 Å². The highest BCUT2D eigenvalue weighted by molar-refractivity contribution is 5.97. The minimum Gasteiger partial charge on any atom is -0.350 e. The van der Waals surface area contributed by atoms with Gasteiger partial charge in [-0.25, -0.2) is 0 Å². The Morgan fingerprint density at radius 3 is 2.25 bits per heavy atom. The number of benzene rings is 2. The predicted octanol–water partition coefficient (Wildman–Crippen LogP) is 3.69. The fourth-order valence-electron chi connectivity index (χ4n) is 3.89. The molecule has 0 aliphatic carbocycles. The summed E-state index contributed by atoms with van der Waals surface area (Å²) in [5, 5.41) is 5.77. The zero-order valence-electron chi connectivity index (χ0n) is 19.2. The lowest BCUT2D eigenvalue weighted by molar-refractivity contribution is -0.124. The lowest BCUT2D eigenvalue weighted by Crippen LogP contribution is -2.49. The van der Waals surface area contributed by atoms with Crippen LogP contribution in [0.5, 0.6) is 0 Å². The summed E-state index contributed by atoms with van der Waals surface area (Å²) in [6, 6.07) is 14.0. The second-order valence-electron chi connectivity index (χ2n) is 8.83. The van der Waals surface area contributed by atoms with Crippen molar-refractivity contribution in [2.75, 3.05) is 13.1 Å². The number of hydrogen-bond donors (Lipinski definition) is 2. The maximum atomic E-state index is 12.8. The Morgan fingerprint density at radius 1 is 0.938 bits per heavy atom. The van der Waals surface area contributed by atoms with Crippen LogP contribution in [-0.2, 0) is 11.3 Å². The van der Waals surface area contributed by atoms with Crippen molar-refractivity contribution in [2.45, 2.75) is 52.6 Å². The number of nitrogens with zero attached hydrogens (tertiary/aromatic N) is 1. The van der Waals surface area contributed by atoms with Crippen LogP contribution in [-0.4, -0.2) is 41.8 Å². The van der Waals surface area contributed by atoms with Crippen LogP contribution in [0.15, 0.2) is 48.5 Å². The van der Waals surface area contributed by atoms with Gasteiger partial charge in [-0.3, -0.25) is 14.4 Å². The predicted molar refractivity (Wildman–Crippen MR) is 125 cm³/mol. The summed E-state index contributed by atoms with van der Waals surface area (Å²) in [6.07, 6.45) is 3.31. The number of nitrogens with one attached hydrogen (secondary N) is 2. The first-order chi connectivity index (χ1) is 15.3. The van der Waals surface area contributed by atoms with Crippen LogP contribution in [0.2, 0.25) is 0 Å². The van der Waals surface area contributed by atoms with Crippen LogP contribution in [0.25, 0.3) is 0 Å². The molecule has 2 N–H and O–H groups in total. The minimum atomic E-state index is -0.636. The molecule has 0 spiro atoms. The van der Waals surface area contributed by atoms with E-state index in [0.29, 0.717) is 17.7 Å². The quantitative estimate of drug-likeness (QED) is 0.696. The first kappa shape index (κ1) is 23.5. The van der Waals surface area contributed by atoms with E-state index in [2.05, 4.69) is 10.6 Å². The number of piperidine rings is 1. The molecule has 0 saturated carbocycles. The first-order valence-corrected chi connectivity index (χ1v) is 11.4. The summed E-state index contributed by atoms with van der Waals surface area (Å²) < 4.78 is 0. The summed E-state index contributed by atoms with van der Waals surface area (Å²) in [6.45, 7) is 7.71. The van der Waals surface area contributed by atoms with Gasteiger partial charge in [-0.15, -0.1) is 0 Å². The molecule has 0 aromatic heterocycles. The van der Waals surface area contributed by atoms with Gasteiger partial charge in [0.25, 0.3) is 11.8 Å². The monoisotopic (exact) mass is 435 g/mol. The van der Waals surface area contributed by atoms with E-state index in [1.165, 1.54) is 6.42 Å². The Morgan fingerprint density at radius 2 is 1.62 bits per heavy atom. The van der Waals surface area contributed by atoms with E-state index in [-0.39, 0.29) is 23.6 Å². The second kappa shape index (κ2) is 10.9. The van der Waals surface area contributed by atoms with Gasteiger partial charge < -0.3 is 15.5 Å². The highest BCUT2D eigenvalue weighted by Crippen LogP contribution is 2.14. The van der Waals surface area contributed by atoms with Crippen LogP contribution in [0.4, 0.5) is 0 Å². The standard InChI is InChI=1S/C26H33N3O3/c1-18(2)23(28-24(30)22-9-7-8-19(3)16-22)25(31)27-17-20-10-12-21(13-11-20)26(32)29-14-5-4-6-15-29/h7-13,16,18,23H,4-6,14-15,17H2,1-3H3,(H,27,31)(H,28,30)/t23-/m0/s1. The number of aryl methyl sites for hydroxylation is 1. The average Bonchev–Trinajstić information content (AvgIpc) is 2.81. The van der Waals surface area contributed by atoms with Gasteiger partial charge in [-0.05, 0) is 61.9 Å². The average molecular weight is 436 g/mol. The molecule has 1 heterocycles. The molecule has 0 radical (unpaired) electrons. The summed E-state index contributed by atoms with van der Waals surface area (Å²) in [4.78, 5) is 39.9. The summed E-state index contributed by atoms with van der Waals surface area (Å²) in [5.41, 5.74) is 3.11. The van der Waals surface area contributed by atoms with Crippen molar-refractivity contribution in [1.82, 2.24) is 15.5 Å². The molecule has 3 amide bonds. The molecular formula is C26H33N3O3. The van der Waals surface area contributed by atoms with E-state index in [4.69, 9.17) is 0 Å². The molecule has 32 heavy (non-hydrogen) atoms. The Labute approximate surface area is 190 Å². The second-order valence-corrected chi connectivity index (χ2v) is 8.83. The van der Waals surface area contributed by atoms with Crippen molar-refractivity contribution in [1.29, 1.82) is 0 Å². The smallest absolute Gasteiger partial charge is 0.253 e. The maximum Gasteiger partial charge on any atom is 0.253 e. The SMILES string of the molecule is Cc1cccc(C(=O)N[C@H](C(=O)NCc2ccc(C(=O)N3CCCCC3)cc2)C(C)C)c1. The molecule has 1 aliphatic heterocycles. The van der Waals surface area contributed by atoms with Crippen molar-refractivity contribution in [3.63, 3.8) is 0 Å². The number of amides is 3. The third-order valence-electron chi connectivity index (χ3n) is 5.83. The van der Waals surface area contributed by atoms with Crippen molar-refractivity contribution in [2.24, 2.45) is 5.92 Å². The van der Waals surface area contributed by atoms with Crippen LogP contribution in [0.1, 0.15) is 65.0 Å². The first-order valence-electron chi connectivity index (χ1n) is 11.4. The Balaban J connectivity index is 1.56. The summed E-state index contributed by atoms with van der Waals surface area (Å²) in [5.74, 6) is -0.482. The van der Waals surface area contributed by atoms with Gasteiger partial charge in [0.1, 0.15) is 6.04 Å². The molecular weight excluding hydrogens is 402 g/mol. The van der Waals surface area contributed by atoms with Crippen LogP contribution in [0.3, 0.4) is 0 Å². The van der Waals surface area contributed by atoms with Gasteiger partial charge in [0, 0.05) is 30.8 Å². The molecule has 170 valence electrons. The van der Waals surface area contributed by atoms with Crippen molar-refractivity contribution in [3.8, 4) is 0 Å². The lowest BCUT2D eigenvalue weighted by atomic mass is 10.0. The number of likely N-dealkylation sites (tertiary alicyclic amines) is 1. The number of carbonyl (C=O) groups excluding carboxylic acids is 3. The van der Waals surface area contributed by atoms with Crippen LogP contribution in [0, 0.1) is 12.8 Å². The van der Waals surface area contributed by atoms with E-state index in [1.54, 1.807) is 12.1 Å². The van der Waals surface area contributed by atoms with E-state index in [1.807, 2.05) is 62.1 Å². The molecule has 0 unspecified atom stereocenters. The summed E-state index contributed by atoms with van der Waals surface area (Å²) in [7, 11) is 0. The van der Waals surface area contributed by atoms with Crippen molar-refractivity contribution < 1.29 is 14.4 Å². The molecule has 1 fully saturated rings. The van der Waals surface area contributed by atoms with Gasteiger partial charge in [-0.1, -0.05) is 43.7 Å². The molecule has 2 aromatic carbocycles. The normalized spacial score (nSPS) is 14.7. The van der Waals surface area contributed by atoms with Gasteiger partial charge in [0.15, 0.2) is 0 Å². The lowest BCUT2D eigenvalue weighted by Gasteiger charge is -2.26. The van der Waals surface area contributed by atoms with Crippen molar-refractivity contribution in [3.05, 3.63) is 70.8 Å². The van der Waals surface area contributed by atoms with E-state index < -0.39 is 6.04 Å². The fraction of sp³-hybridized carbons (Fsp3) is 0.423. The van der Waals surface area contributed by atoms with Crippen molar-refractivity contribution >= 4 is 17.7 Å². The number of hydrogen-bond acceptors (Lipinski definition) is 3. The molecule has 0 bridgehead atoms. The van der Waals surface area contributed by atoms with Crippen LogP contribution >= 0.6 is 0 Å². The third kappa shape index (κ3) is 6.19. The van der Waals surface area contributed by atoms with Gasteiger partial charge in [0.2, 0.25) is 5.91 Å². The van der Waals surface area contributed by atoms with E-state index >= 15 is 0 Å². The number of rotatable bonds is 7. The number of carbonyl (C=O) groups is 3. The molecule has 6 nitrogen and oxygen atoms in total. The minimum absolute atomic E-state index is 0.0618. The molecule has 6 heteroatoms. The zero-order chi connectivity index (χ0) is 23.1. The highest BCUT2D eigenvalue weighted by Gasteiger charge is 2.24. The Bertz CT molecular complexity index is 947. The maximum absolute atomic E-state index is 12.8. The zero-order valence-corrected chi connectivity index (χ0v) is 19.2. The Hall–Kier alpha value is -3.15. The van der Waals surface area contributed by atoms with E-state index in [0.717, 1.165) is 37.1 Å². The van der Waals surface area contributed by atoms with Crippen LogP contribution < -0.4 is 10.6 Å². The third-order valence-corrected chi connectivity index (χ3v) is 5.83. The Kier molecular flexibility index (Phi) is 8.03. The molecule has 3 rings (SSSR count). The molecule has 1 aliphatic rings. The molecule has 2 aromatic rings. The topological polar surface area (TPSA) is 78.5 Å². The van der Waals surface area contributed by atoms with E-state index in [9.17, 15) is 14.4 Å². The highest BCUT2D eigenvalue weighted by atomic mass is 16.2. The van der Waals surface area contributed by atoms with Gasteiger partial charge >= 0.3 is 0 Å². The molecule has 1 atom stereocenters. The largest absolute Gasteiger partial charge is 0.350 e. The van der Waals surface area contributed by atoms with Gasteiger partial charge in [-0.2, -0.15) is 0 Å². The summed E-state index contributed by atoms with van der Waals surface area (Å²) >= 11 is 0.